The lowest BCUT2D eigenvalue weighted by molar-refractivity contribution is -0.128. The minimum atomic E-state index is 0.0598. The molecule has 104 valence electrons. The number of aliphatic hydroxyl groups is 1. The van der Waals surface area contributed by atoms with Crippen molar-refractivity contribution in [2.45, 2.75) is 19.4 Å². The second-order valence-electron chi connectivity index (χ2n) is 5.03. The fourth-order valence-corrected chi connectivity index (χ4v) is 2.63. The van der Waals surface area contributed by atoms with Gasteiger partial charge < -0.3 is 14.7 Å². The van der Waals surface area contributed by atoms with Crippen molar-refractivity contribution in [1.82, 2.24) is 4.90 Å². The molecule has 0 aliphatic carbocycles. The summed E-state index contributed by atoms with van der Waals surface area (Å²) in [6.07, 6.45) is 1.45. The van der Waals surface area contributed by atoms with Crippen LogP contribution in [0.25, 0.3) is 0 Å². The van der Waals surface area contributed by atoms with E-state index < -0.39 is 0 Å². The van der Waals surface area contributed by atoms with Crippen molar-refractivity contribution in [1.29, 1.82) is 0 Å². The van der Waals surface area contributed by atoms with Crippen LogP contribution in [0.15, 0.2) is 24.3 Å². The number of aliphatic hydroxyl groups excluding tert-OH is 1. The largest absolute Gasteiger partial charge is 0.392 e. The molecule has 1 aliphatic rings. The van der Waals surface area contributed by atoms with E-state index in [1.807, 2.05) is 29.2 Å². The highest BCUT2D eigenvalue weighted by atomic mass is 16.5. The predicted octanol–water partition coefficient (Wildman–Crippen LogP) is 1.22. The van der Waals surface area contributed by atoms with Gasteiger partial charge >= 0.3 is 0 Å². The van der Waals surface area contributed by atoms with Gasteiger partial charge in [0.2, 0.25) is 5.91 Å². The van der Waals surface area contributed by atoms with Crippen molar-refractivity contribution >= 4 is 5.91 Å². The summed E-state index contributed by atoms with van der Waals surface area (Å²) in [6, 6.07) is 7.89. The lowest BCUT2D eigenvalue weighted by Crippen LogP contribution is -2.28. The third kappa shape index (κ3) is 3.55. The fraction of sp³-hybridized carbons (Fsp3) is 0.533. The Morgan fingerprint density at radius 2 is 2.11 bits per heavy atom. The van der Waals surface area contributed by atoms with Crippen LogP contribution in [-0.4, -0.2) is 42.7 Å². The van der Waals surface area contributed by atoms with Crippen LogP contribution in [0.3, 0.4) is 0 Å². The molecule has 1 aromatic rings. The minimum absolute atomic E-state index is 0.0598. The molecule has 1 aliphatic heterocycles. The molecule has 1 atom stereocenters. The molecule has 1 N–H and O–H groups in total. The number of methoxy groups -OCH3 is 1. The third-order valence-electron chi connectivity index (χ3n) is 3.66. The second-order valence-corrected chi connectivity index (χ2v) is 5.03. The Morgan fingerprint density at radius 3 is 2.79 bits per heavy atom. The quantitative estimate of drug-likeness (QED) is 0.839. The molecule has 1 aromatic carbocycles. The van der Waals surface area contributed by atoms with Crippen LogP contribution in [0.5, 0.6) is 0 Å². The van der Waals surface area contributed by atoms with Gasteiger partial charge in [0.05, 0.1) is 13.2 Å². The van der Waals surface area contributed by atoms with Gasteiger partial charge in [-0.15, -0.1) is 0 Å². The zero-order valence-electron chi connectivity index (χ0n) is 11.3. The maximum atomic E-state index is 11.9. The molecule has 0 bridgehead atoms. The van der Waals surface area contributed by atoms with Crippen molar-refractivity contribution in [2.24, 2.45) is 5.92 Å². The summed E-state index contributed by atoms with van der Waals surface area (Å²) in [4.78, 5) is 13.7. The van der Waals surface area contributed by atoms with E-state index in [0.717, 1.165) is 24.1 Å². The van der Waals surface area contributed by atoms with Gasteiger partial charge in [-0.2, -0.15) is 0 Å². The Balaban J connectivity index is 1.95. The first-order valence-corrected chi connectivity index (χ1v) is 6.69. The number of hydrogen-bond donors (Lipinski definition) is 1. The molecular formula is C15H21NO3. The number of likely N-dealkylation sites (tertiary alicyclic amines) is 1. The number of carbonyl (C=O) groups excluding carboxylic acids is 1. The molecule has 1 fully saturated rings. The van der Waals surface area contributed by atoms with Crippen molar-refractivity contribution in [2.75, 3.05) is 26.8 Å². The van der Waals surface area contributed by atoms with Crippen LogP contribution in [0.4, 0.5) is 0 Å². The van der Waals surface area contributed by atoms with Gasteiger partial charge in [0.15, 0.2) is 0 Å². The number of amides is 1. The number of benzene rings is 1. The molecule has 0 spiro atoms. The van der Waals surface area contributed by atoms with E-state index in [4.69, 9.17) is 4.74 Å². The molecule has 1 heterocycles. The SMILES string of the molecule is COCCN1CC(Cc2ccccc2CO)CC1=O. The summed E-state index contributed by atoms with van der Waals surface area (Å²) in [6.45, 7) is 2.12. The second kappa shape index (κ2) is 6.68. The fourth-order valence-electron chi connectivity index (χ4n) is 2.63. The van der Waals surface area contributed by atoms with E-state index in [0.29, 0.717) is 25.5 Å². The maximum Gasteiger partial charge on any atom is 0.223 e. The molecule has 0 aromatic heterocycles. The van der Waals surface area contributed by atoms with Gasteiger partial charge in [0.25, 0.3) is 0 Å². The topological polar surface area (TPSA) is 49.8 Å². The van der Waals surface area contributed by atoms with Gasteiger partial charge in [0.1, 0.15) is 0 Å². The van der Waals surface area contributed by atoms with E-state index in [-0.39, 0.29) is 12.5 Å². The number of ether oxygens (including phenoxy) is 1. The van der Waals surface area contributed by atoms with Gasteiger partial charge in [-0.1, -0.05) is 24.3 Å². The Kier molecular flexibility index (Phi) is 4.93. The summed E-state index contributed by atoms with van der Waals surface area (Å²) in [5, 5.41) is 9.32. The molecule has 4 heteroatoms. The Labute approximate surface area is 114 Å². The van der Waals surface area contributed by atoms with Crippen molar-refractivity contribution in [3.63, 3.8) is 0 Å². The molecule has 0 radical (unpaired) electrons. The molecule has 1 unspecified atom stereocenters. The van der Waals surface area contributed by atoms with Gasteiger partial charge in [-0.05, 0) is 23.5 Å². The van der Waals surface area contributed by atoms with Crippen LogP contribution < -0.4 is 0 Å². The van der Waals surface area contributed by atoms with E-state index in [1.54, 1.807) is 7.11 Å². The average Bonchev–Trinajstić information content (AvgIpc) is 2.77. The maximum absolute atomic E-state index is 11.9. The summed E-state index contributed by atoms with van der Waals surface area (Å²) >= 11 is 0. The minimum Gasteiger partial charge on any atom is -0.392 e. The van der Waals surface area contributed by atoms with E-state index in [9.17, 15) is 9.90 Å². The first kappa shape index (κ1) is 14.0. The number of hydrogen-bond acceptors (Lipinski definition) is 3. The zero-order valence-corrected chi connectivity index (χ0v) is 11.3. The standard InChI is InChI=1S/C15H21NO3/c1-19-7-6-16-10-12(9-15(16)18)8-13-4-2-3-5-14(13)11-17/h2-5,12,17H,6-11H2,1H3. The predicted molar refractivity (Wildman–Crippen MR) is 72.6 cm³/mol. The normalized spacial score (nSPS) is 19.2. The van der Waals surface area contributed by atoms with Gasteiger partial charge in [-0.25, -0.2) is 0 Å². The molecular weight excluding hydrogens is 242 g/mol. The Bertz CT molecular complexity index is 433. The van der Waals surface area contributed by atoms with Crippen molar-refractivity contribution in [3.8, 4) is 0 Å². The smallest absolute Gasteiger partial charge is 0.223 e. The highest BCUT2D eigenvalue weighted by molar-refractivity contribution is 5.78. The molecule has 4 nitrogen and oxygen atoms in total. The number of nitrogens with zero attached hydrogens (tertiary/aromatic N) is 1. The van der Waals surface area contributed by atoms with Crippen LogP contribution in [0.2, 0.25) is 0 Å². The third-order valence-corrected chi connectivity index (χ3v) is 3.66. The average molecular weight is 263 g/mol. The summed E-state index contributed by atoms with van der Waals surface area (Å²) < 4.78 is 5.02. The highest BCUT2D eigenvalue weighted by Crippen LogP contribution is 2.23. The summed E-state index contributed by atoms with van der Waals surface area (Å²) in [5.74, 6) is 0.556. The number of carbonyl (C=O) groups is 1. The van der Waals surface area contributed by atoms with Crippen molar-refractivity contribution < 1.29 is 14.6 Å². The monoisotopic (exact) mass is 263 g/mol. The van der Waals surface area contributed by atoms with Gasteiger partial charge in [0, 0.05) is 26.6 Å². The summed E-state index contributed by atoms with van der Waals surface area (Å²) in [5.41, 5.74) is 2.11. The molecule has 2 rings (SSSR count). The van der Waals surface area contributed by atoms with E-state index >= 15 is 0 Å². The summed E-state index contributed by atoms with van der Waals surface area (Å²) in [7, 11) is 1.65. The molecule has 1 saturated heterocycles. The first-order chi connectivity index (χ1) is 9.24. The molecule has 19 heavy (non-hydrogen) atoms. The van der Waals surface area contributed by atoms with Crippen LogP contribution in [-0.2, 0) is 22.6 Å². The van der Waals surface area contributed by atoms with Gasteiger partial charge in [-0.3, -0.25) is 4.79 Å². The number of rotatable bonds is 6. The molecule has 0 saturated carbocycles. The zero-order chi connectivity index (χ0) is 13.7. The first-order valence-electron chi connectivity index (χ1n) is 6.69. The van der Waals surface area contributed by atoms with Crippen LogP contribution in [0, 0.1) is 5.92 Å². The lowest BCUT2D eigenvalue weighted by atomic mass is 9.95. The van der Waals surface area contributed by atoms with Crippen LogP contribution >= 0.6 is 0 Å². The van der Waals surface area contributed by atoms with E-state index in [2.05, 4.69) is 0 Å². The lowest BCUT2D eigenvalue weighted by Gasteiger charge is -2.16. The van der Waals surface area contributed by atoms with Crippen LogP contribution in [0.1, 0.15) is 17.5 Å². The Morgan fingerprint density at radius 1 is 1.37 bits per heavy atom. The highest BCUT2D eigenvalue weighted by Gasteiger charge is 2.29. The van der Waals surface area contributed by atoms with Crippen molar-refractivity contribution in [3.05, 3.63) is 35.4 Å². The Hall–Kier alpha value is -1.39. The van der Waals surface area contributed by atoms with E-state index in [1.165, 1.54) is 0 Å². The molecule has 1 amide bonds.